The molecule has 10 heteroatoms. The Morgan fingerprint density at radius 2 is 1.73 bits per heavy atom. The van der Waals surface area contributed by atoms with Gasteiger partial charge in [0.1, 0.15) is 18.8 Å². The molecule has 0 fully saturated rings. The molecule has 0 spiro atoms. The zero-order chi connectivity index (χ0) is 23.8. The average molecular weight is 570 g/mol. The molecule has 6 nitrogen and oxygen atoms in total. The first kappa shape index (κ1) is 25.1. The fraction of sp³-hybridized carbons (Fsp3) is 0.0870. The van der Waals surface area contributed by atoms with Crippen LogP contribution >= 0.6 is 50.7 Å². The van der Waals surface area contributed by atoms with E-state index in [0.29, 0.717) is 27.0 Å². The van der Waals surface area contributed by atoms with Crippen LogP contribution in [0.5, 0.6) is 5.75 Å². The van der Waals surface area contributed by atoms with Crippen molar-refractivity contribution in [2.75, 3.05) is 5.32 Å². The Kier molecular flexibility index (Phi) is 9.14. The van der Waals surface area contributed by atoms with Crippen molar-refractivity contribution in [1.82, 2.24) is 5.43 Å². The number of hydrazone groups is 1. The van der Waals surface area contributed by atoms with Crippen molar-refractivity contribution in [2.24, 2.45) is 5.10 Å². The van der Waals surface area contributed by atoms with Crippen molar-refractivity contribution in [3.63, 3.8) is 0 Å². The lowest BCUT2D eigenvalue weighted by Gasteiger charge is -2.10. The third kappa shape index (κ3) is 7.47. The molecule has 0 unspecified atom stereocenters. The second-order valence-electron chi connectivity index (χ2n) is 6.68. The monoisotopic (exact) mass is 567 g/mol. The highest BCUT2D eigenvalue weighted by atomic mass is 79.9. The van der Waals surface area contributed by atoms with Gasteiger partial charge in [-0.15, -0.1) is 0 Å². The molecule has 0 aliphatic carbocycles. The highest BCUT2D eigenvalue weighted by Gasteiger charge is 2.12. The van der Waals surface area contributed by atoms with Gasteiger partial charge >= 0.3 is 0 Å². The van der Waals surface area contributed by atoms with E-state index in [1.807, 2.05) is 24.3 Å². The average Bonchev–Trinajstić information content (AvgIpc) is 2.77. The van der Waals surface area contributed by atoms with Gasteiger partial charge < -0.3 is 10.1 Å². The van der Waals surface area contributed by atoms with Gasteiger partial charge in [-0.2, -0.15) is 5.10 Å². The molecule has 3 rings (SSSR count). The number of rotatable bonds is 8. The van der Waals surface area contributed by atoms with Crippen LogP contribution in [0, 0.1) is 0 Å². The lowest BCUT2D eigenvalue weighted by Crippen LogP contribution is -2.24. The van der Waals surface area contributed by atoms with Crippen LogP contribution in [0.15, 0.2) is 70.2 Å². The summed E-state index contributed by atoms with van der Waals surface area (Å²) in [6, 6.07) is 17.6. The Balaban J connectivity index is 1.58. The molecule has 0 radical (unpaired) electrons. The maximum absolute atomic E-state index is 12.1. The summed E-state index contributed by atoms with van der Waals surface area (Å²) in [6.07, 6.45) is 0.977. The van der Waals surface area contributed by atoms with E-state index in [2.05, 4.69) is 31.8 Å². The summed E-state index contributed by atoms with van der Waals surface area (Å²) in [5.41, 5.74) is 4.10. The quantitative estimate of drug-likeness (QED) is 0.186. The minimum atomic E-state index is -0.601. The summed E-state index contributed by atoms with van der Waals surface area (Å²) in [5, 5.41) is 7.57. The van der Waals surface area contributed by atoms with E-state index in [9.17, 15) is 9.59 Å². The number of halogens is 4. The fourth-order valence-corrected chi connectivity index (χ4v) is 3.59. The van der Waals surface area contributed by atoms with Gasteiger partial charge in [-0.25, -0.2) is 5.43 Å². The van der Waals surface area contributed by atoms with E-state index in [-0.39, 0.29) is 11.6 Å². The maximum Gasteiger partial charge on any atom is 0.249 e. The molecule has 0 saturated heterocycles. The largest absolute Gasteiger partial charge is 0.488 e. The third-order valence-corrected chi connectivity index (χ3v) is 5.93. The number of nitrogens with zero attached hydrogens (tertiary/aromatic N) is 1. The van der Waals surface area contributed by atoms with Crippen molar-refractivity contribution in [1.29, 1.82) is 0 Å². The van der Waals surface area contributed by atoms with E-state index in [4.69, 9.17) is 39.5 Å². The van der Waals surface area contributed by atoms with Crippen molar-refractivity contribution < 1.29 is 14.3 Å². The second kappa shape index (κ2) is 12.0. The van der Waals surface area contributed by atoms with E-state index >= 15 is 0 Å². The molecule has 0 aliphatic rings. The first-order chi connectivity index (χ1) is 15.8. The molecule has 0 heterocycles. The Hall–Kier alpha value is -2.58. The first-order valence-electron chi connectivity index (χ1n) is 9.55. The fourth-order valence-electron chi connectivity index (χ4n) is 2.68. The Labute approximate surface area is 214 Å². The smallest absolute Gasteiger partial charge is 0.249 e. The predicted octanol–water partition coefficient (Wildman–Crippen LogP) is 6.47. The molecule has 2 amide bonds. The molecule has 3 aromatic carbocycles. The first-order valence-corrected chi connectivity index (χ1v) is 11.5. The van der Waals surface area contributed by atoms with Gasteiger partial charge in [0.2, 0.25) is 11.8 Å². The van der Waals surface area contributed by atoms with Crippen molar-refractivity contribution >= 4 is 74.4 Å². The van der Waals surface area contributed by atoms with E-state index in [1.54, 1.807) is 36.4 Å². The number of benzene rings is 3. The lowest BCUT2D eigenvalue weighted by molar-refractivity contribution is -0.126. The molecular formula is C23H17BrCl3N3O3. The van der Waals surface area contributed by atoms with Gasteiger partial charge in [-0.3, -0.25) is 9.59 Å². The number of anilines is 1. The number of amides is 2. The summed E-state index contributed by atoms with van der Waals surface area (Å²) in [5.74, 6) is -0.613. The Morgan fingerprint density at radius 3 is 2.52 bits per heavy atom. The van der Waals surface area contributed by atoms with Crippen molar-refractivity contribution in [3.8, 4) is 5.75 Å². The summed E-state index contributed by atoms with van der Waals surface area (Å²) < 4.78 is 6.68. The van der Waals surface area contributed by atoms with Gasteiger partial charge in [0.05, 0.1) is 21.9 Å². The molecule has 33 heavy (non-hydrogen) atoms. The van der Waals surface area contributed by atoms with Crippen LogP contribution in [-0.2, 0) is 16.2 Å². The second-order valence-corrected chi connectivity index (χ2v) is 8.79. The van der Waals surface area contributed by atoms with Crippen LogP contribution in [0.3, 0.4) is 0 Å². The zero-order valence-electron chi connectivity index (χ0n) is 16.9. The molecule has 0 bridgehead atoms. The van der Waals surface area contributed by atoms with Crippen LogP contribution in [0.25, 0.3) is 0 Å². The standard InChI is InChI=1S/C23H17BrCl3N3O3/c24-16-8-9-20(33-13-14-4-1-2-5-17(14)25)15(10-16)12-28-30-22(32)11-21(31)29-19-7-3-6-18(26)23(19)27/h1-10,12H,11,13H2,(H,29,31)(H,30,32). The van der Waals surface area contributed by atoms with E-state index in [0.717, 1.165) is 10.0 Å². The molecule has 2 N–H and O–H groups in total. The topological polar surface area (TPSA) is 79.8 Å². The van der Waals surface area contributed by atoms with Crippen LogP contribution in [0.1, 0.15) is 17.5 Å². The highest BCUT2D eigenvalue weighted by Crippen LogP contribution is 2.29. The van der Waals surface area contributed by atoms with Crippen LogP contribution in [0.2, 0.25) is 15.1 Å². The van der Waals surface area contributed by atoms with E-state index < -0.39 is 18.2 Å². The summed E-state index contributed by atoms with van der Waals surface area (Å²) >= 11 is 21.5. The van der Waals surface area contributed by atoms with Crippen LogP contribution in [0.4, 0.5) is 5.69 Å². The van der Waals surface area contributed by atoms with Gasteiger partial charge in [0, 0.05) is 20.6 Å². The minimum Gasteiger partial charge on any atom is -0.488 e. The molecule has 0 saturated carbocycles. The molecule has 170 valence electrons. The number of carbonyl (C=O) groups is 2. The number of hydrogen-bond donors (Lipinski definition) is 2. The van der Waals surface area contributed by atoms with Gasteiger partial charge in [0.15, 0.2) is 0 Å². The SMILES string of the molecule is O=C(CC(=O)Nc1cccc(Cl)c1Cl)NN=Cc1cc(Br)ccc1OCc1ccccc1Cl. The Morgan fingerprint density at radius 1 is 0.970 bits per heavy atom. The Bertz CT molecular complexity index is 1200. The number of ether oxygens (including phenoxy) is 1. The van der Waals surface area contributed by atoms with E-state index in [1.165, 1.54) is 6.21 Å². The summed E-state index contributed by atoms with van der Waals surface area (Å²) in [4.78, 5) is 24.2. The highest BCUT2D eigenvalue weighted by molar-refractivity contribution is 9.10. The lowest BCUT2D eigenvalue weighted by atomic mass is 10.2. The predicted molar refractivity (Wildman–Crippen MR) is 135 cm³/mol. The van der Waals surface area contributed by atoms with Gasteiger partial charge in [0.25, 0.3) is 0 Å². The molecule has 3 aromatic rings. The van der Waals surface area contributed by atoms with Crippen molar-refractivity contribution in [2.45, 2.75) is 13.0 Å². The molecular weight excluding hydrogens is 553 g/mol. The van der Waals surface area contributed by atoms with Crippen molar-refractivity contribution in [3.05, 3.63) is 91.3 Å². The maximum atomic E-state index is 12.1. The number of nitrogens with one attached hydrogen (secondary N) is 2. The molecule has 0 atom stereocenters. The number of hydrogen-bond acceptors (Lipinski definition) is 4. The van der Waals surface area contributed by atoms with Gasteiger partial charge in [-0.1, -0.05) is 75.0 Å². The molecule has 0 aromatic heterocycles. The zero-order valence-corrected chi connectivity index (χ0v) is 20.8. The summed E-state index contributed by atoms with van der Waals surface area (Å²) in [7, 11) is 0. The number of carbonyl (C=O) groups excluding carboxylic acids is 2. The minimum absolute atomic E-state index is 0.199. The van der Waals surface area contributed by atoms with Crippen LogP contribution in [-0.4, -0.2) is 18.0 Å². The van der Waals surface area contributed by atoms with Gasteiger partial charge in [-0.05, 0) is 36.4 Å². The summed E-state index contributed by atoms with van der Waals surface area (Å²) in [6.45, 7) is 0.265. The normalized spacial score (nSPS) is 10.8. The molecule has 0 aliphatic heterocycles. The van der Waals surface area contributed by atoms with Crippen LogP contribution < -0.4 is 15.5 Å². The third-order valence-electron chi connectivity index (χ3n) is 4.25.